The number of halogens is 1. The van der Waals surface area contributed by atoms with Crippen LogP contribution in [0.3, 0.4) is 0 Å². The van der Waals surface area contributed by atoms with Crippen LogP contribution in [0, 0.1) is 0 Å². The van der Waals surface area contributed by atoms with Crippen LogP contribution in [0.5, 0.6) is 5.75 Å². The number of nitrogens with zero attached hydrogens (tertiary/aromatic N) is 1. The van der Waals surface area contributed by atoms with Gasteiger partial charge in [-0.05, 0) is 20.8 Å². The molecule has 1 heterocycles. The molecule has 0 aliphatic heterocycles. The van der Waals surface area contributed by atoms with Crippen LogP contribution in [-0.2, 0) is 4.74 Å². The first-order valence-electron chi connectivity index (χ1n) is 8.00. The van der Waals surface area contributed by atoms with E-state index in [2.05, 4.69) is 10.3 Å². The fraction of sp³-hybridized carbons (Fsp3) is 0.444. The number of fused-ring (bicyclic) bond motifs is 1. The molecule has 0 radical (unpaired) electrons. The standard InChI is InChI=1S/C16H19ClN2O3.C2H6/c1-16(2,3)22-15(20)18-8-9-21-13-10-19-14(17)12-7-5-4-6-11(12)13;1-2/h4-7,10H,8-9H2,1-3H3,(H,18,20);1-2H3. The molecule has 24 heavy (non-hydrogen) atoms. The molecule has 2 aromatic rings. The minimum atomic E-state index is -0.513. The smallest absolute Gasteiger partial charge is 0.407 e. The van der Waals surface area contributed by atoms with E-state index in [9.17, 15) is 4.79 Å². The number of benzene rings is 1. The van der Waals surface area contributed by atoms with Gasteiger partial charge in [0.1, 0.15) is 23.1 Å². The maximum absolute atomic E-state index is 11.5. The van der Waals surface area contributed by atoms with E-state index in [1.807, 2.05) is 58.9 Å². The second-order valence-corrected chi connectivity index (χ2v) is 6.09. The van der Waals surface area contributed by atoms with Crippen molar-refractivity contribution < 1.29 is 14.3 Å². The Balaban J connectivity index is 0.00000139. The number of ether oxygens (including phenoxy) is 2. The summed E-state index contributed by atoms with van der Waals surface area (Å²) in [7, 11) is 0. The van der Waals surface area contributed by atoms with Gasteiger partial charge in [-0.2, -0.15) is 0 Å². The summed E-state index contributed by atoms with van der Waals surface area (Å²) in [5.41, 5.74) is -0.513. The van der Waals surface area contributed by atoms with E-state index in [1.165, 1.54) is 0 Å². The maximum Gasteiger partial charge on any atom is 0.407 e. The Bertz CT molecular complexity index is 669. The van der Waals surface area contributed by atoms with Gasteiger partial charge >= 0.3 is 6.09 Å². The Morgan fingerprint density at radius 3 is 2.46 bits per heavy atom. The fourth-order valence-electron chi connectivity index (χ4n) is 1.88. The lowest BCUT2D eigenvalue weighted by Gasteiger charge is -2.19. The van der Waals surface area contributed by atoms with Crippen molar-refractivity contribution >= 4 is 28.5 Å². The minimum absolute atomic E-state index is 0.312. The van der Waals surface area contributed by atoms with Gasteiger partial charge in [0.25, 0.3) is 0 Å². The molecule has 0 aliphatic carbocycles. The van der Waals surface area contributed by atoms with Crippen molar-refractivity contribution in [2.75, 3.05) is 13.2 Å². The molecule has 0 bridgehead atoms. The van der Waals surface area contributed by atoms with Crippen LogP contribution in [-0.4, -0.2) is 29.8 Å². The number of hydrogen-bond donors (Lipinski definition) is 1. The van der Waals surface area contributed by atoms with E-state index in [1.54, 1.807) is 6.20 Å². The molecule has 1 aromatic carbocycles. The Hall–Kier alpha value is -2.01. The van der Waals surface area contributed by atoms with Gasteiger partial charge < -0.3 is 14.8 Å². The van der Waals surface area contributed by atoms with E-state index in [4.69, 9.17) is 21.1 Å². The van der Waals surface area contributed by atoms with Gasteiger partial charge in [0.05, 0.1) is 12.7 Å². The number of nitrogens with one attached hydrogen (secondary N) is 1. The molecule has 0 unspecified atom stereocenters. The first kappa shape index (κ1) is 20.0. The summed E-state index contributed by atoms with van der Waals surface area (Å²) in [6.07, 6.45) is 1.12. The molecule has 5 nitrogen and oxygen atoms in total. The average Bonchev–Trinajstić information content (AvgIpc) is 2.54. The molecule has 0 fully saturated rings. The summed E-state index contributed by atoms with van der Waals surface area (Å²) >= 11 is 6.05. The minimum Gasteiger partial charge on any atom is -0.489 e. The lowest BCUT2D eigenvalue weighted by atomic mass is 10.2. The van der Waals surface area contributed by atoms with Gasteiger partial charge in [-0.15, -0.1) is 0 Å². The molecule has 132 valence electrons. The molecule has 1 N–H and O–H groups in total. The van der Waals surface area contributed by atoms with E-state index >= 15 is 0 Å². The van der Waals surface area contributed by atoms with Crippen molar-refractivity contribution in [1.29, 1.82) is 0 Å². The number of alkyl carbamates (subject to hydrolysis) is 1. The van der Waals surface area contributed by atoms with E-state index < -0.39 is 11.7 Å². The third-order valence-corrected chi connectivity index (χ3v) is 3.04. The van der Waals surface area contributed by atoms with Crippen LogP contribution >= 0.6 is 11.6 Å². The first-order valence-corrected chi connectivity index (χ1v) is 8.37. The zero-order chi connectivity index (χ0) is 18.2. The highest BCUT2D eigenvalue weighted by molar-refractivity contribution is 6.34. The number of amides is 1. The molecule has 6 heteroatoms. The molecule has 0 aliphatic rings. The highest BCUT2D eigenvalue weighted by Crippen LogP contribution is 2.28. The zero-order valence-electron chi connectivity index (χ0n) is 14.9. The summed E-state index contributed by atoms with van der Waals surface area (Å²) in [6.45, 7) is 10.1. The highest BCUT2D eigenvalue weighted by Gasteiger charge is 2.15. The Morgan fingerprint density at radius 1 is 1.21 bits per heavy atom. The van der Waals surface area contributed by atoms with Crippen LogP contribution in [0.15, 0.2) is 30.5 Å². The van der Waals surface area contributed by atoms with Crippen molar-refractivity contribution in [3.63, 3.8) is 0 Å². The summed E-state index contributed by atoms with van der Waals surface area (Å²) in [4.78, 5) is 15.6. The third-order valence-electron chi connectivity index (χ3n) is 2.74. The van der Waals surface area contributed by atoms with Gasteiger partial charge in [-0.3, -0.25) is 0 Å². The number of aromatic nitrogens is 1. The second kappa shape index (κ2) is 9.33. The van der Waals surface area contributed by atoms with Gasteiger partial charge in [0, 0.05) is 10.8 Å². The molecule has 0 saturated heterocycles. The molecule has 2 rings (SSSR count). The number of carbonyl (C=O) groups excluding carboxylic acids is 1. The van der Waals surface area contributed by atoms with E-state index in [0.717, 1.165) is 10.8 Å². The topological polar surface area (TPSA) is 60.5 Å². The third kappa shape index (κ3) is 6.24. The predicted molar refractivity (Wildman–Crippen MR) is 97.8 cm³/mol. The van der Waals surface area contributed by atoms with Crippen molar-refractivity contribution in [2.45, 2.75) is 40.2 Å². The van der Waals surface area contributed by atoms with Crippen LogP contribution in [0.25, 0.3) is 10.8 Å². The normalized spacial score (nSPS) is 10.6. The van der Waals surface area contributed by atoms with E-state index in [-0.39, 0.29) is 0 Å². The van der Waals surface area contributed by atoms with Gasteiger partial charge in [-0.25, -0.2) is 9.78 Å². The summed E-state index contributed by atoms with van der Waals surface area (Å²) in [5.74, 6) is 0.631. The monoisotopic (exact) mass is 352 g/mol. The summed E-state index contributed by atoms with van der Waals surface area (Å²) < 4.78 is 10.8. The number of hydrogen-bond acceptors (Lipinski definition) is 4. The number of carbonyl (C=O) groups is 1. The van der Waals surface area contributed by atoms with Gasteiger partial charge in [0.15, 0.2) is 0 Å². The summed E-state index contributed by atoms with van der Waals surface area (Å²) in [5, 5.41) is 4.80. The second-order valence-electron chi connectivity index (χ2n) is 5.74. The molecule has 1 amide bonds. The molecular weight excluding hydrogens is 328 g/mol. The van der Waals surface area contributed by atoms with Crippen molar-refractivity contribution in [3.05, 3.63) is 35.6 Å². The molecule has 0 spiro atoms. The van der Waals surface area contributed by atoms with Crippen LogP contribution in [0.4, 0.5) is 4.79 Å². The zero-order valence-corrected chi connectivity index (χ0v) is 15.6. The number of pyridine rings is 1. The highest BCUT2D eigenvalue weighted by atomic mass is 35.5. The largest absolute Gasteiger partial charge is 0.489 e. The number of rotatable bonds is 4. The van der Waals surface area contributed by atoms with Crippen molar-refractivity contribution in [2.24, 2.45) is 0 Å². The average molecular weight is 353 g/mol. The lowest BCUT2D eigenvalue weighted by molar-refractivity contribution is 0.0520. The molecular formula is C18H25ClN2O3. The molecule has 0 atom stereocenters. The SMILES string of the molecule is CC.CC(C)(C)OC(=O)NCCOc1cnc(Cl)c2ccccc12. The van der Waals surface area contributed by atoms with Crippen LogP contribution in [0.2, 0.25) is 5.15 Å². The lowest BCUT2D eigenvalue weighted by Crippen LogP contribution is -2.34. The fourth-order valence-corrected chi connectivity index (χ4v) is 2.09. The Morgan fingerprint density at radius 2 is 1.83 bits per heavy atom. The first-order chi connectivity index (χ1) is 11.4. The van der Waals surface area contributed by atoms with Gasteiger partial charge in [0.2, 0.25) is 0 Å². The summed E-state index contributed by atoms with van der Waals surface area (Å²) in [6, 6.07) is 7.60. The van der Waals surface area contributed by atoms with Crippen molar-refractivity contribution in [3.8, 4) is 5.75 Å². The van der Waals surface area contributed by atoms with Crippen LogP contribution in [0.1, 0.15) is 34.6 Å². The Labute approximate surface area is 148 Å². The van der Waals surface area contributed by atoms with E-state index in [0.29, 0.717) is 24.1 Å². The molecule has 1 aromatic heterocycles. The molecule has 0 saturated carbocycles. The van der Waals surface area contributed by atoms with Crippen molar-refractivity contribution in [1.82, 2.24) is 10.3 Å². The van der Waals surface area contributed by atoms with Crippen LogP contribution < -0.4 is 10.1 Å². The maximum atomic E-state index is 11.5. The van der Waals surface area contributed by atoms with Gasteiger partial charge in [-0.1, -0.05) is 49.7 Å². The Kier molecular flexibility index (Phi) is 7.79. The quantitative estimate of drug-likeness (QED) is 0.633. The predicted octanol–water partition coefficient (Wildman–Crippen LogP) is 4.82.